The van der Waals surface area contributed by atoms with Crippen LogP contribution in [0.15, 0.2) is 66.7 Å². The number of hydrogen-bond acceptors (Lipinski definition) is 8. The average molecular weight is 469 g/mol. The summed E-state index contributed by atoms with van der Waals surface area (Å²) in [5.74, 6) is -2.07. The summed E-state index contributed by atoms with van der Waals surface area (Å²) < 4.78 is 19.7. The summed E-state index contributed by atoms with van der Waals surface area (Å²) >= 11 is 6.17. The van der Waals surface area contributed by atoms with E-state index in [4.69, 9.17) is 21.1 Å². The predicted molar refractivity (Wildman–Crippen MR) is 117 cm³/mol. The van der Waals surface area contributed by atoms with Gasteiger partial charge in [0.15, 0.2) is 0 Å². The van der Waals surface area contributed by atoms with Crippen molar-refractivity contribution in [1.82, 2.24) is 0 Å². The van der Waals surface area contributed by atoms with Gasteiger partial charge in [0.2, 0.25) is 0 Å². The molecule has 0 bridgehead atoms. The van der Waals surface area contributed by atoms with Crippen LogP contribution in [0.1, 0.15) is 41.4 Å². The van der Waals surface area contributed by atoms with E-state index in [0.717, 1.165) is 0 Å². The number of ether oxygens (including phenoxy) is 4. The van der Waals surface area contributed by atoms with Crippen molar-refractivity contribution in [3.63, 3.8) is 0 Å². The highest BCUT2D eigenvalue weighted by Crippen LogP contribution is 2.22. The molecule has 0 aliphatic heterocycles. The van der Waals surface area contributed by atoms with Gasteiger partial charge in [-0.3, -0.25) is 0 Å². The molecule has 3 aromatic rings. The summed E-state index contributed by atoms with van der Waals surface area (Å²) in [4.78, 5) is 47.8. The van der Waals surface area contributed by atoms with Crippen LogP contribution in [0.5, 0.6) is 11.5 Å². The van der Waals surface area contributed by atoms with Crippen LogP contribution in [-0.2, 0) is 9.47 Å². The van der Waals surface area contributed by atoms with Crippen LogP contribution in [-0.4, -0.2) is 38.1 Å². The van der Waals surface area contributed by atoms with E-state index < -0.39 is 23.9 Å². The number of benzene rings is 3. The molecule has 0 aromatic heterocycles. The molecule has 0 fully saturated rings. The molecule has 0 amide bonds. The predicted octanol–water partition coefficient (Wildman–Crippen LogP) is 4.35. The second-order valence-corrected chi connectivity index (χ2v) is 6.91. The minimum atomic E-state index is -0.746. The Balaban J connectivity index is 1.67. The van der Waals surface area contributed by atoms with Gasteiger partial charge < -0.3 is 18.9 Å². The van der Waals surface area contributed by atoms with E-state index in [9.17, 15) is 19.2 Å². The second kappa shape index (κ2) is 10.4. The Hall–Kier alpha value is -4.17. The van der Waals surface area contributed by atoms with E-state index in [-0.39, 0.29) is 27.6 Å². The van der Waals surface area contributed by atoms with Crippen LogP contribution < -0.4 is 9.47 Å². The average Bonchev–Trinajstić information content (AvgIpc) is 2.83. The maximum atomic E-state index is 12.4. The van der Waals surface area contributed by atoms with Crippen LogP contribution in [0.3, 0.4) is 0 Å². The monoisotopic (exact) mass is 468 g/mol. The SMILES string of the molecule is COC(=O)c1ccc(OC(=O)c2ccc(C(=O)Oc3ccc(C(=O)OC)cc3)c(Cl)c2)cc1. The first-order valence-corrected chi connectivity index (χ1v) is 9.81. The van der Waals surface area contributed by atoms with Crippen molar-refractivity contribution >= 4 is 35.5 Å². The standard InChI is InChI=1S/C24H17ClO8/c1-30-21(26)14-3-8-17(9-4-14)32-23(28)16-7-12-19(20(25)13-16)24(29)33-18-10-5-15(6-11-18)22(27)31-2/h3-13H,1-2H3. The zero-order valence-electron chi connectivity index (χ0n) is 17.5. The molecule has 8 nitrogen and oxygen atoms in total. The van der Waals surface area contributed by atoms with Crippen molar-refractivity contribution in [2.24, 2.45) is 0 Å². The van der Waals surface area contributed by atoms with E-state index in [1.54, 1.807) is 0 Å². The lowest BCUT2D eigenvalue weighted by molar-refractivity contribution is 0.0591. The molecule has 0 spiro atoms. The molecule has 33 heavy (non-hydrogen) atoms. The minimum Gasteiger partial charge on any atom is -0.465 e. The molecule has 0 atom stereocenters. The Kier molecular flexibility index (Phi) is 7.42. The fourth-order valence-corrected chi connectivity index (χ4v) is 2.95. The highest BCUT2D eigenvalue weighted by atomic mass is 35.5. The van der Waals surface area contributed by atoms with Crippen LogP contribution >= 0.6 is 11.6 Å². The largest absolute Gasteiger partial charge is 0.465 e. The number of hydrogen-bond donors (Lipinski definition) is 0. The first-order valence-electron chi connectivity index (χ1n) is 9.43. The number of halogens is 1. The van der Waals surface area contributed by atoms with E-state index in [2.05, 4.69) is 9.47 Å². The van der Waals surface area contributed by atoms with Gasteiger partial charge in [-0.05, 0) is 66.7 Å². The summed E-state index contributed by atoms with van der Waals surface area (Å²) in [6, 6.07) is 15.6. The number of rotatable bonds is 6. The fourth-order valence-electron chi connectivity index (χ4n) is 2.69. The van der Waals surface area contributed by atoms with E-state index in [0.29, 0.717) is 11.1 Å². The van der Waals surface area contributed by atoms with Gasteiger partial charge in [-0.25, -0.2) is 19.2 Å². The maximum absolute atomic E-state index is 12.4. The van der Waals surface area contributed by atoms with E-state index in [1.165, 1.54) is 80.9 Å². The summed E-state index contributed by atoms with van der Waals surface area (Å²) in [7, 11) is 2.53. The van der Waals surface area contributed by atoms with Crippen molar-refractivity contribution in [3.8, 4) is 11.5 Å². The summed E-state index contributed by atoms with van der Waals surface area (Å²) in [6.07, 6.45) is 0. The maximum Gasteiger partial charge on any atom is 0.345 e. The number of methoxy groups -OCH3 is 2. The van der Waals surface area contributed by atoms with Gasteiger partial charge in [-0.2, -0.15) is 0 Å². The van der Waals surface area contributed by atoms with Crippen molar-refractivity contribution < 1.29 is 38.1 Å². The first-order chi connectivity index (χ1) is 15.8. The zero-order valence-corrected chi connectivity index (χ0v) is 18.3. The van der Waals surface area contributed by atoms with Gasteiger partial charge in [-0.15, -0.1) is 0 Å². The van der Waals surface area contributed by atoms with Crippen LogP contribution in [0.4, 0.5) is 0 Å². The van der Waals surface area contributed by atoms with Gasteiger partial charge in [-0.1, -0.05) is 11.6 Å². The highest BCUT2D eigenvalue weighted by Gasteiger charge is 2.17. The summed E-state index contributed by atoms with van der Waals surface area (Å²) in [6.45, 7) is 0. The Morgan fingerprint density at radius 2 is 1.00 bits per heavy atom. The number of carbonyl (C=O) groups is 4. The van der Waals surface area contributed by atoms with Crippen LogP contribution in [0.25, 0.3) is 0 Å². The lowest BCUT2D eigenvalue weighted by Crippen LogP contribution is -2.12. The molecule has 0 unspecified atom stereocenters. The topological polar surface area (TPSA) is 105 Å². The quantitative estimate of drug-likeness (QED) is 0.388. The lowest BCUT2D eigenvalue weighted by atomic mass is 10.1. The van der Waals surface area contributed by atoms with Crippen molar-refractivity contribution in [1.29, 1.82) is 0 Å². The van der Waals surface area contributed by atoms with Gasteiger partial charge in [0, 0.05) is 0 Å². The van der Waals surface area contributed by atoms with E-state index in [1.807, 2.05) is 0 Å². The van der Waals surface area contributed by atoms with Gasteiger partial charge >= 0.3 is 23.9 Å². The Morgan fingerprint density at radius 1 is 0.576 bits per heavy atom. The Morgan fingerprint density at radius 3 is 1.42 bits per heavy atom. The molecule has 0 N–H and O–H groups in total. The molecule has 9 heteroatoms. The molecular weight excluding hydrogens is 452 g/mol. The molecule has 168 valence electrons. The van der Waals surface area contributed by atoms with Crippen molar-refractivity contribution in [3.05, 3.63) is 94.0 Å². The second-order valence-electron chi connectivity index (χ2n) is 6.51. The number of esters is 4. The fraction of sp³-hybridized carbons (Fsp3) is 0.0833. The molecule has 3 aromatic carbocycles. The normalized spacial score (nSPS) is 10.2. The van der Waals surface area contributed by atoms with Gasteiger partial charge in [0.1, 0.15) is 11.5 Å². The highest BCUT2D eigenvalue weighted by molar-refractivity contribution is 6.34. The Bertz CT molecular complexity index is 1200. The molecular formula is C24H17ClO8. The summed E-state index contributed by atoms with van der Waals surface area (Å²) in [5, 5.41) is -0.0123. The van der Waals surface area contributed by atoms with Crippen LogP contribution in [0.2, 0.25) is 5.02 Å². The number of carbonyl (C=O) groups excluding carboxylic acids is 4. The molecule has 0 saturated carbocycles. The third-order valence-electron chi connectivity index (χ3n) is 4.40. The van der Waals surface area contributed by atoms with Crippen molar-refractivity contribution in [2.75, 3.05) is 14.2 Å². The molecule has 0 aliphatic rings. The van der Waals surface area contributed by atoms with Gasteiger partial charge in [0.05, 0.1) is 41.5 Å². The minimum absolute atomic E-state index is 0.0123. The molecule has 0 saturated heterocycles. The zero-order chi connectivity index (χ0) is 24.0. The van der Waals surface area contributed by atoms with Crippen LogP contribution in [0, 0.1) is 0 Å². The molecule has 0 radical (unpaired) electrons. The third kappa shape index (κ3) is 5.75. The molecule has 0 aliphatic carbocycles. The first kappa shape index (κ1) is 23.5. The Labute approximate surface area is 193 Å². The van der Waals surface area contributed by atoms with E-state index >= 15 is 0 Å². The smallest absolute Gasteiger partial charge is 0.345 e. The lowest BCUT2D eigenvalue weighted by Gasteiger charge is -2.09. The third-order valence-corrected chi connectivity index (χ3v) is 4.71. The van der Waals surface area contributed by atoms with Gasteiger partial charge in [0.25, 0.3) is 0 Å². The molecule has 3 rings (SSSR count). The molecule has 0 heterocycles. The summed E-state index contributed by atoms with van der Waals surface area (Å²) in [5.41, 5.74) is 0.755. The van der Waals surface area contributed by atoms with Crippen molar-refractivity contribution in [2.45, 2.75) is 0 Å².